The fourth-order valence-corrected chi connectivity index (χ4v) is 4.63. The van der Waals surface area contributed by atoms with Gasteiger partial charge in [-0.25, -0.2) is 4.98 Å². The first-order valence-corrected chi connectivity index (χ1v) is 11.7. The van der Waals surface area contributed by atoms with Gasteiger partial charge >= 0.3 is 0 Å². The number of carbonyl (C=O) groups excluding carboxylic acids is 1. The van der Waals surface area contributed by atoms with Gasteiger partial charge in [-0.15, -0.1) is 11.3 Å². The second-order valence-electron chi connectivity index (χ2n) is 8.07. The highest BCUT2D eigenvalue weighted by Crippen LogP contribution is 2.23. The Morgan fingerprint density at radius 1 is 1.19 bits per heavy atom. The molecular weight excluding hydrogens is 408 g/mol. The zero-order valence-corrected chi connectivity index (χ0v) is 19.1. The maximum atomic E-state index is 12.4. The molecule has 1 saturated heterocycles. The predicted molar refractivity (Wildman–Crippen MR) is 126 cm³/mol. The van der Waals surface area contributed by atoms with Gasteiger partial charge in [0.25, 0.3) is 5.91 Å². The standard InChI is InChI=1S/C23H30N6OS/c1-18-6-5-7-20(14-18)29-12-10-28(11-13-29)9-4-3-8-24-22(30)21-17-31-23(26-21)19-15-25-27(2)16-19/h5-7,14-17H,3-4,8-13H2,1-2H3,(H,24,30). The topological polar surface area (TPSA) is 66.3 Å². The number of aromatic nitrogens is 3. The molecule has 1 aliphatic rings. The second kappa shape index (κ2) is 10.1. The van der Waals surface area contributed by atoms with Crippen molar-refractivity contribution in [1.82, 2.24) is 25.0 Å². The quantitative estimate of drug-likeness (QED) is 0.547. The maximum Gasteiger partial charge on any atom is 0.270 e. The van der Waals surface area contributed by atoms with Gasteiger partial charge in [0, 0.05) is 62.6 Å². The summed E-state index contributed by atoms with van der Waals surface area (Å²) in [6.45, 7) is 8.24. The SMILES string of the molecule is Cc1cccc(N2CCN(CCCCNC(=O)c3csc(-c4cnn(C)c4)n3)CC2)c1. The number of rotatable bonds is 8. The number of carbonyl (C=O) groups is 1. The highest BCUT2D eigenvalue weighted by Gasteiger charge is 2.17. The lowest BCUT2D eigenvalue weighted by molar-refractivity contribution is 0.0948. The number of aryl methyl sites for hydroxylation is 2. The summed E-state index contributed by atoms with van der Waals surface area (Å²) in [5, 5.41) is 9.79. The molecule has 3 heterocycles. The molecule has 1 N–H and O–H groups in total. The fourth-order valence-electron chi connectivity index (χ4n) is 3.85. The molecular formula is C23H30N6OS. The smallest absolute Gasteiger partial charge is 0.270 e. The van der Waals surface area contributed by atoms with Gasteiger partial charge in [-0.1, -0.05) is 12.1 Å². The van der Waals surface area contributed by atoms with E-state index in [1.165, 1.54) is 22.6 Å². The summed E-state index contributed by atoms with van der Waals surface area (Å²) in [4.78, 5) is 21.8. The van der Waals surface area contributed by atoms with Gasteiger partial charge in [-0.05, 0) is 44.0 Å². The highest BCUT2D eigenvalue weighted by molar-refractivity contribution is 7.13. The Balaban J connectivity index is 1.13. The molecule has 4 rings (SSSR count). The molecule has 1 amide bonds. The van der Waals surface area contributed by atoms with Gasteiger partial charge in [-0.3, -0.25) is 14.4 Å². The van der Waals surface area contributed by atoms with Crippen molar-refractivity contribution in [2.24, 2.45) is 7.05 Å². The maximum absolute atomic E-state index is 12.4. The van der Waals surface area contributed by atoms with E-state index in [-0.39, 0.29) is 5.91 Å². The van der Waals surface area contributed by atoms with Gasteiger partial charge in [0.2, 0.25) is 0 Å². The molecule has 1 fully saturated rings. The van der Waals surface area contributed by atoms with Crippen molar-refractivity contribution in [3.05, 3.63) is 53.3 Å². The molecule has 31 heavy (non-hydrogen) atoms. The monoisotopic (exact) mass is 438 g/mol. The van der Waals surface area contributed by atoms with E-state index in [9.17, 15) is 4.79 Å². The molecule has 1 aromatic carbocycles. The van der Waals surface area contributed by atoms with Crippen LogP contribution in [0.3, 0.4) is 0 Å². The zero-order chi connectivity index (χ0) is 21.6. The summed E-state index contributed by atoms with van der Waals surface area (Å²) in [6.07, 6.45) is 5.73. The molecule has 0 radical (unpaired) electrons. The number of piperazine rings is 1. The van der Waals surface area contributed by atoms with Crippen LogP contribution in [0.4, 0.5) is 5.69 Å². The Labute approximate surface area is 187 Å². The van der Waals surface area contributed by atoms with Crippen LogP contribution < -0.4 is 10.2 Å². The lowest BCUT2D eigenvalue weighted by atomic mass is 10.2. The van der Waals surface area contributed by atoms with E-state index in [4.69, 9.17) is 0 Å². The predicted octanol–water partition coefficient (Wildman–Crippen LogP) is 3.18. The van der Waals surface area contributed by atoms with Crippen LogP contribution in [0.1, 0.15) is 28.9 Å². The number of unbranched alkanes of at least 4 members (excludes halogenated alkanes) is 1. The molecule has 8 heteroatoms. The lowest BCUT2D eigenvalue weighted by Crippen LogP contribution is -2.46. The van der Waals surface area contributed by atoms with Crippen molar-refractivity contribution in [2.75, 3.05) is 44.2 Å². The van der Waals surface area contributed by atoms with Crippen molar-refractivity contribution in [3.8, 4) is 10.6 Å². The number of benzene rings is 1. The number of hydrogen-bond acceptors (Lipinski definition) is 6. The average Bonchev–Trinajstić information content (AvgIpc) is 3.43. The number of anilines is 1. The first-order valence-electron chi connectivity index (χ1n) is 10.9. The Bertz CT molecular complexity index is 1000. The van der Waals surface area contributed by atoms with E-state index in [2.05, 4.69) is 56.4 Å². The third-order valence-electron chi connectivity index (χ3n) is 5.61. The van der Waals surface area contributed by atoms with Crippen LogP contribution in [-0.2, 0) is 7.05 Å². The van der Waals surface area contributed by atoms with Crippen LogP contribution in [-0.4, -0.2) is 64.8 Å². The van der Waals surface area contributed by atoms with Crippen molar-refractivity contribution in [2.45, 2.75) is 19.8 Å². The summed E-state index contributed by atoms with van der Waals surface area (Å²) in [7, 11) is 1.87. The minimum absolute atomic E-state index is 0.0989. The number of hydrogen-bond donors (Lipinski definition) is 1. The summed E-state index contributed by atoms with van der Waals surface area (Å²) in [5.41, 5.74) is 4.06. The normalized spacial score (nSPS) is 14.7. The van der Waals surface area contributed by atoms with E-state index in [0.29, 0.717) is 12.2 Å². The summed E-state index contributed by atoms with van der Waals surface area (Å²) >= 11 is 1.47. The van der Waals surface area contributed by atoms with Crippen molar-refractivity contribution >= 4 is 22.9 Å². The Morgan fingerprint density at radius 3 is 2.77 bits per heavy atom. The molecule has 3 aromatic rings. The largest absolute Gasteiger partial charge is 0.369 e. The number of thiazole rings is 1. The summed E-state index contributed by atoms with van der Waals surface area (Å²) in [5.74, 6) is -0.0989. The van der Waals surface area contributed by atoms with E-state index < -0.39 is 0 Å². The molecule has 0 bridgehead atoms. The Hall–Kier alpha value is -2.71. The van der Waals surface area contributed by atoms with Crippen molar-refractivity contribution < 1.29 is 4.79 Å². The van der Waals surface area contributed by atoms with Crippen molar-refractivity contribution in [3.63, 3.8) is 0 Å². The molecule has 1 aliphatic heterocycles. The third-order valence-corrected chi connectivity index (χ3v) is 6.51. The van der Waals surface area contributed by atoms with E-state index in [0.717, 1.165) is 56.1 Å². The van der Waals surface area contributed by atoms with Crippen LogP contribution in [0.25, 0.3) is 10.6 Å². The zero-order valence-electron chi connectivity index (χ0n) is 18.3. The third kappa shape index (κ3) is 5.71. The molecule has 0 unspecified atom stereocenters. The van der Waals surface area contributed by atoms with Gasteiger partial charge in [0.15, 0.2) is 0 Å². The highest BCUT2D eigenvalue weighted by atomic mass is 32.1. The van der Waals surface area contributed by atoms with Crippen LogP contribution in [0, 0.1) is 6.92 Å². The van der Waals surface area contributed by atoms with E-state index >= 15 is 0 Å². The fraction of sp³-hybridized carbons (Fsp3) is 0.435. The Morgan fingerprint density at radius 2 is 2.03 bits per heavy atom. The summed E-state index contributed by atoms with van der Waals surface area (Å²) < 4.78 is 1.74. The molecule has 0 atom stereocenters. The minimum atomic E-state index is -0.0989. The van der Waals surface area contributed by atoms with Gasteiger partial charge in [-0.2, -0.15) is 5.10 Å². The summed E-state index contributed by atoms with van der Waals surface area (Å²) in [6, 6.07) is 8.75. The van der Waals surface area contributed by atoms with Crippen LogP contribution >= 0.6 is 11.3 Å². The number of nitrogens with zero attached hydrogens (tertiary/aromatic N) is 5. The van der Waals surface area contributed by atoms with Gasteiger partial charge < -0.3 is 10.2 Å². The number of amides is 1. The average molecular weight is 439 g/mol. The van der Waals surface area contributed by atoms with E-state index in [1.54, 1.807) is 10.9 Å². The van der Waals surface area contributed by atoms with Gasteiger partial charge in [0.05, 0.1) is 6.20 Å². The first kappa shape index (κ1) is 21.5. The molecule has 2 aromatic heterocycles. The minimum Gasteiger partial charge on any atom is -0.369 e. The second-order valence-corrected chi connectivity index (χ2v) is 8.93. The Kier molecular flexibility index (Phi) is 6.99. The lowest BCUT2D eigenvalue weighted by Gasteiger charge is -2.36. The van der Waals surface area contributed by atoms with Gasteiger partial charge in [0.1, 0.15) is 10.7 Å². The van der Waals surface area contributed by atoms with Crippen molar-refractivity contribution in [1.29, 1.82) is 0 Å². The molecule has 0 saturated carbocycles. The number of nitrogens with one attached hydrogen (secondary N) is 1. The molecule has 164 valence electrons. The van der Waals surface area contributed by atoms with Crippen LogP contribution in [0.5, 0.6) is 0 Å². The van der Waals surface area contributed by atoms with E-state index in [1.807, 2.05) is 18.6 Å². The molecule has 7 nitrogen and oxygen atoms in total. The first-order chi connectivity index (χ1) is 15.1. The molecule has 0 aliphatic carbocycles. The molecule has 0 spiro atoms. The van der Waals surface area contributed by atoms with Crippen LogP contribution in [0.15, 0.2) is 42.0 Å². The van der Waals surface area contributed by atoms with Crippen LogP contribution in [0.2, 0.25) is 0 Å².